The third-order valence-corrected chi connectivity index (χ3v) is 4.57. The molecule has 20 heavy (non-hydrogen) atoms. The Bertz CT molecular complexity index is 530. The van der Waals surface area contributed by atoms with Gasteiger partial charge < -0.3 is 14.4 Å². The number of piperidine rings is 1. The lowest BCUT2D eigenvalue weighted by Gasteiger charge is -2.37. The highest BCUT2D eigenvalue weighted by Gasteiger charge is 2.41. The molecule has 0 amide bonds. The molecule has 1 aromatic rings. The Hall–Kier alpha value is -1.42. The summed E-state index contributed by atoms with van der Waals surface area (Å²) in [5.74, 6) is 1.74. The van der Waals surface area contributed by atoms with Gasteiger partial charge in [-0.2, -0.15) is 0 Å². The summed E-state index contributed by atoms with van der Waals surface area (Å²) in [6.45, 7) is 0. The van der Waals surface area contributed by atoms with E-state index in [9.17, 15) is 4.79 Å². The maximum atomic E-state index is 11.7. The van der Waals surface area contributed by atoms with Crippen LogP contribution in [0, 0.1) is 0 Å². The second kappa shape index (κ2) is 5.17. The molecule has 2 fully saturated rings. The molecule has 2 atom stereocenters. The van der Waals surface area contributed by atoms with Crippen LogP contribution in [0.3, 0.4) is 0 Å². The fourth-order valence-corrected chi connectivity index (χ4v) is 3.64. The fraction of sp³-hybridized carbons (Fsp3) is 0.533. The molecule has 0 saturated carbocycles. The summed E-state index contributed by atoms with van der Waals surface area (Å²) in [5, 5.41) is 0.536. The third kappa shape index (κ3) is 2.12. The van der Waals surface area contributed by atoms with Gasteiger partial charge in [0.05, 0.1) is 24.9 Å². The quantitative estimate of drug-likeness (QED) is 0.859. The van der Waals surface area contributed by atoms with E-state index in [-0.39, 0.29) is 12.1 Å². The number of Topliss-reactive ketones (excluding diaryl/α,β-unsaturated/α-hetero) is 1. The number of hydrogen-bond acceptors (Lipinski definition) is 4. The predicted molar refractivity (Wildman–Crippen MR) is 78.1 cm³/mol. The number of ketones is 1. The van der Waals surface area contributed by atoms with Gasteiger partial charge in [0.15, 0.2) is 0 Å². The molecule has 0 radical (unpaired) electrons. The predicted octanol–water partition coefficient (Wildman–Crippen LogP) is 3.06. The maximum Gasteiger partial charge on any atom is 0.143 e. The number of ether oxygens (including phenoxy) is 2. The van der Waals surface area contributed by atoms with Gasteiger partial charge in [0.1, 0.15) is 17.3 Å². The molecular weight excluding hydrogens is 278 g/mol. The van der Waals surface area contributed by atoms with E-state index < -0.39 is 0 Å². The number of carbonyl (C=O) groups excluding carboxylic acids is 1. The van der Waals surface area contributed by atoms with Crippen LogP contribution in [0.5, 0.6) is 11.5 Å². The van der Waals surface area contributed by atoms with Gasteiger partial charge in [-0.05, 0) is 12.8 Å². The van der Waals surface area contributed by atoms with E-state index in [4.69, 9.17) is 21.1 Å². The molecule has 108 valence electrons. The molecule has 2 bridgehead atoms. The van der Waals surface area contributed by atoms with Gasteiger partial charge in [-0.15, -0.1) is 0 Å². The summed E-state index contributed by atoms with van der Waals surface area (Å²) in [4.78, 5) is 14.0. The van der Waals surface area contributed by atoms with Crippen LogP contribution < -0.4 is 14.4 Å². The highest BCUT2D eigenvalue weighted by molar-refractivity contribution is 6.32. The van der Waals surface area contributed by atoms with Gasteiger partial charge in [0, 0.05) is 37.1 Å². The number of benzene rings is 1. The first-order valence-corrected chi connectivity index (χ1v) is 7.23. The normalized spacial score (nSPS) is 24.9. The standard InChI is InChI=1S/C15H18ClNO3/c1-19-14-8-13(15(20-2)7-12(14)16)17-9-3-4-10(17)6-11(18)5-9/h7-10H,3-6H2,1-2H3. The van der Waals surface area contributed by atoms with Gasteiger partial charge in [0.2, 0.25) is 0 Å². The molecule has 2 aliphatic heterocycles. The number of hydrogen-bond donors (Lipinski definition) is 0. The van der Waals surface area contributed by atoms with Gasteiger partial charge in [-0.1, -0.05) is 11.6 Å². The van der Waals surface area contributed by atoms with E-state index in [1.807, 2.05) is 6.07 Å². The molecule has 2 unspecified atom stereocenters. The van der Waals surface area contributed by atoms with Crippen LogP contribution in [0.2, 0.25) is 5.02 Å². The second-order valence-corrected chi connectivity index (χ2v) is 5.80. The maximum absolute atomic E-state index is 11.7. The third-order valence-electron chi connectivity index (χ3n) is 4.28. The van der Waals surface area contributed by atoms with Crippen molar-refractivity contribution in [2.24, 2.45) is 0 Å². The highest BCUT2D eigenvalue weighted by atomic mass is 35.5. The van der Waals surface area contributed by atoms with E-state index in [1.54, 1.807) is 20.3 Å². The molecule has 0 N–H and O–H groups in total. The molecule has 1 aromatic carbocycles. The van der Waals surface area contributed by atoms with Crippen LogP contribution >= 0.6 is 11.6 Å². The van der Waals surface area contributed by atoms with Crippen molar-refractivity contribution in [3.63, 3.8) is 0 Å². The SMILES string of the molecule is COc1cc(N2C3CCC2CC(=O)C3)c(OC)cc1Cl. The van der Waals surface area contributed by atoms with Crippen molar-refractivity contribution in [3.05, 3.63) is 17.2 Å². The molecule has 5 heteroatoms. The highest BCUT2D eigenvalue weighted by Crippen LogP contribution is 2.45. The zero-order chi connectivity index (χ0) is 14.3. The Kier molecular flexibility index (Phi) is 3.50. The van der Waals surface area contributed by atoms with Crippen molar-refractivity contribution in [1.82, 2.24) is 0 Å². The van der Waals surface area contributed by atoms with Crippen LogP contribution in [0.25, 0.3) is 0 Å². The first-order valence-electron chi connectivity index (χ1n) is 6.85. The molecule has 2 saturated heterocycles. The van der Waals surface area contributed by atoms with Crippen LogP contribution in [-0.2, 0) is 4.79 Å². The number of halogens is 1. The number of nitrogens with zero attached hydrogens (tertiary/aromatic N) is 1. The Balaban J connectivity index is 2.03. The molecule has 0 spiro atoms. The summed E-state index contributed by atoms with van der Waals surface area (Å²) >= 11 is 6.15. The van der Waals surface area contributed by atoms with Crippen molar-refractivity contribution in [1.29, 1.82) is 0 Å². The molecule has 2 aliphatic rings. The number of rotatable bonds is 3. The van der Waals surface area contributed by atoms with Crippen molar-refractivity contribution < 1.29 is 14.3 Å². The first-order chi connectivity index (χ1) is 9.63. The Labute approximate surface area is 123 Å². The molecular formula is C15H18ClNO3. The zero-order valence-corrected chi connectivity index (χ0v) is 12.4. The lowest BCUT2D eigenvalue weighted by molar-refractivity contribution is -0.120. The van der Waals surface area contributed by atoms with Crippen LogP contribution in [0.15, 0.2) is 12.1 Å². The Morgan fingerprint density at radius 3 is 2.25 bits per heavy atom. The number of methoxy groups -OCH3 is 2. The van der Waals surface area contributed by atoms with Crippen molar-refractivity contribution in [2.45, 2.75) is 37.8 Å². The lowest BCUT2D eigenvalue weighted by Crippen LogP contribution is -2.43. The van der Waals surface area contributed by atoms with Gasteiger partial charge >= 0.3 is 0 Å². The monoisotopic (exact) mass is 295 g/mol. The Morgan fingerprint density at radius 2 is 1.70 bits per heavy atom. The molecule has 3 rings (SSSR count). The van der Waals surface area contributed by atoms with Crippen molar-refractivity contribution in [3.8, 4) is 11.5 Å². The minimum absolute atomic E-state index is 0.279. The fourth-order valence-electron chi connectivity index (χ4n) is 3.41. The van der Waals surface area contributed by atoms with E-state index in [2.05, 4.69) is 4.90 Å². The average molecular weight is 296 g/mol. The van der Waals surface area contributed by atoms with Gasteiger partial charge in [-0.3, -0.25) is 4.79 Å². The van der Waals surface area contributed by atoms with Gasteiger partial charge in [0.25, 0.3) is 0 Å². The number of carbonyl (C=O) groups is 1. The molecule has 0 aromatic heterocycles. The minimum Gasteiger partial charge on any atom is -0.495 e. The second-order valence-electron chi connectivity index (χ2n) is 5.40. The van der Waals surface area contributed by atoms with E-state index in [1.165, 1.54) is 0 Å². The Morgan fingerprint density at radius 1 is 1.10 bits per heavy atom. The zero-order valence-electron chi connectivity index (χ0n) is 11.7. The lowest BCUT2D eigenvalue weighted by atomic mass is 10.00. The number of fused-ring (bicyclic) bond motifs is 2. The summed E-state index contributed by atoms with van der Waals surface area (Å²) in [5.41, 5.74) is 0.980. The summed E-state index contributed by atoms with van der Waals surface area (Å²) < 4.78 is 10.8. The van der Waals surface area contributed by atoms with E-state index in [0.717, 1.165) is 24.3 Å². The average Bonchev–Trinajstić information content (AvgIpc) is 2.70. The summed E-state index contributed by atoms with van der Waals surface area (Å²) in [7, 11) is 3.24. The molecule has 2 heterocycles. The summed E-state index contributed by atoms with van der Waals surface area (Å²) in [6, 6.07) is 4.26. The molecule has 4 nitrogen and oxygen atoms in total. The van der Waals surface area contributed by atoms with E-state index in [0.29, 0.717) is 29.4 Å². The molecule has 0 aliphatic carbocycles. The van der Waals surface area contributed by atoms with Crippen LogP contribution in [0.1, 0.15) is 25.7 Å². The largest absolute Gasteiger partial charge is 0.495 e. The van der Waals surface area contributed by atoms with Crippen LogP contribution in [-0.4, -0.2) is 32.1 Å². The van der Waals surface area contributed by atoms with Crippen molar-refractivity contribution in [2.75, 3.05) is 19.1 Å². The smallest absolute Gasteiger partial charge is 0.143 e. The summed E-state index contributed by atoms with van der Waals surface area (Å²) in [6.07, 6.45) is 3.38. The van der Waals surface area contributed by atoms with Gasteiger partial charge in [-0.25, -0.2) is 0 Å². The van der Waals surface area contributed by atoms with E-state index >= 15 is 0 Å². The van der Waals surface area contributed by atoms with Crippen molar-refractivity contribution >= 4 is 23.1 Å². The van der Waals surface area contributed by atoms with Crippen LogP contribution in [0.4, 0.5) is 5.69 Å². The number of anilines is 1. The first kappa shape index (κ1) is 13.6. The minimum atomic E-state index is 0.279. The topological polar surface area (TPSA) is 38.8 Å².